The van der Waals surface area contributed by atoms with Crippen molar-refractivity contribution in [2.45, 2.75) is 48.8 Å². The van der Waals surface area contributed by atoms with Gasteiger partial charge in [-0.25, -0.2) is 8.42 Å². The summed E-state index contributed by atoms with van der Waals surface area (Å²) in [7, 11) is -3.22. The Balaban J connectivity index is 1.83. The van der Waals surface area contributed by atoms with Gasteiger partial charge >= 0.3 is 0 Å². The van der Waals surface area contributed by atoms with Crippen LogP contribution in [-0.2, 0) is 9.84 Å². The van der Waals surface area contributed by atoms with Gasteiger partial charge in [0.05, 0.1) is 10.6 Å². The summed E-state index contributed by atoms with van der Waals surface area (Å²) in [4.78, 5) is 4.93. The van der Waals surface area contributed by atoms with E-state index in [1.165, 1.54) is 6.42 Å². The van der Waals surface area contributed by atoms with Gasteiger partial charge in [-0.3, -0.25) is 4.99 Å². The van der Waals surface area contributed by atoms with E-state index in [9.17, 15) is 8.42 Å². The summed E-state index contributed by atoms with van der Waals surface area (Å²) in [5, 5.41) is 7.47. The van der Waals surface area contributed by atoms with Crippen molar-refractivity contribution in [2.24, 2.45) is 4.99 Å². The lowest BCUT2D eigenvalue weighted by Crippen LogP contribution is -2.42. The van der Waals surface area contributed by atoms with Gasteiger partial charge in [-0.2, -0.15) is 11.8 Å². The van der Waals surface area contributed by atoms with Crippen molar-refractivity contribution in [3.05, 3.63) is 30.3 Å². The zero-order chi connectivity index (χ0) is 18.1. The number of nitrogens with one attached hydrogen (secondary N) is 2. The number of hydrogen-bond acceptors (Lipinski definition) is 4. The van der Waals surface area contributed by atoms with Gasteiger partial charge in [0.1, 0.15) is 0 Å². The van der Waals surface area contributed by atoms with E-state index in [4.69, 9.17) is 0 Å². The lowest BCUT2D eigenvalue weighted by atomic mass is 10.2. The van der Waals surface area contributed by atoms with E-state index in [2.05, 4.69) is 21.9 Å². The maximum Gasteiger partial charge on any atom is 0.191 e. The van der Waals surface area contributed by atoms with Crippen LogP contribution in [0, 0.1) is 0 Å². The zero-order valence-electron chi connectivity index (χ0n) is 15.1. The molecule has 0 heterocycles. The predicted molar refractivity (Wildman–Crippen MR) is 107 cm³/mol. The highest BCUT2D eigenvalue weighted by Gasteiger charge is 2.24. The molecule has 1 aromatic rings. The second kappa shape index (κ2) is 10.1. The monoisotopic (exact) mass is 383 g/mol. The van der Waals surface area contributed by atoms with Crippen molar-refractivity contribution in [3.8, 4) is 0 Å². The van der Waals surface area contributed by atoms with Gasteiger partial charge in [0, 0.05) is 24.4 Å². The van der Waals surface area contributed by atoms with Crippen LogP contribution in [0.3, 0.4) is 0 Å². The van der Waals surface area contributed by atoms with Crippen LogP contribution in [0.25, 0.3) is 0 Å². The highest BCUT2D eigenvalue weighted by molar-refractivity contribution is 7.99. The highest BCUT2D eigenvalue weighted by atomic mass is 32.2. The second-order valence-corrected chi connectivity index (χ2v) is 9.51. The molecule has 5 nitrogen and oxygen atoms in total. The Labute approximate surface area is 156 Å². The molecule has 2 unspecified atom stereocenters. The number of benzene rings is 1. The molecule has 2 N–H and O–H groups in total. The van der Waals surface area contributed by atoms with Crippen LogP contribution in [0.1, 0.15) is 32.6 Å². The first-order valence-electron chi connectivity index (χ1n) is 8.90. The molecule has 0 radical (unpaired) electrons. The molecule has 2 rings (SSSR count). The van der Waals surface area contributed by atoms with Crippen LogP contribution in [0.2, 0.25) is 0 Å². The van der Waals surface area contributed by atoms with Crippen LogP contribution in [-0.4, -0.2) is 50.8 Å². The molecule has 0 spiro atoms. The Bertz CT molecular complexity index is 648. The Morgan fingerprint density at radius 3 is 2.68 bits per heavy atom. The number of aliphatic imine (C=N–C) groups is 1. The van der Waals surface area contributed by atoms with Gasteiger partial charge in [-0.05, 0) is 51.0 Å². The van der Waals surface area contributed by atoms with Gasteiger partial charge < -0.3 is 10.6 Å². The van der Waals surface area contributed by atoms with Crippen molar-refractivity contribution in [2.75, 3.05) is 25.1 Å². The summed E-state index contributed by atoms with van der Waals surface area (Å²) >= 11 is 1.93. The van der Waals surface area contributed by atoms with E-state index in [1.807, 2.05) is 24.8 Å². The van der Waals surface area contributed by atoms with Gasteiger partial charge in [0.2, 0.25) is 0 Å². The molecule has 0 aliphatic heterocycles. The molecule has 2 atom stereocenters. The number of hydrogen-bond donors (Lipinski definition) is 2. The molecule has 1 saturated carbocycles. The second-order valence-electron chi connectivity index (χ2n) is 6.26. The summed E-state index contributed by atoms with van der Waals surface area (Å²) in [6.45, 7) is 3.34. The largest absolute Gasteiger partial charge is 0.357 e. The fourth-order valence-corrected chi connectivity index (χ4v) is 5.10. The van der Waals surface area contributed by atoms with Crippen LogP contribution in [0.4, 0.5) is 0 Å². The van der Waals surface area contributed by atoms with E-state index >= 15 is 0 Å². The number of guanidine groups is 1. The average Bonchev–Trinajstić information content (AvgIpc) is 3.07. The van der Waals surface area contributed by atoms with Crippen molar-refractivity contribution >= 4 is 27.6 Å². The fraction of sp³-hybridized carbons (Fsp3) is 0.611. The Morgan fingerprint density at radius 1 is 1.28 bits per heavy atom. The summed E-state index contributed by atoms with van der Waals surface area (Å²) in [5.41, 5.74) is 0. The Morgan fingerprint density at radius 2 is 2.04 bits per heavy atom. The smallest absolute Gasteiger partial charge is 0.191 e. The van der Waals surface area contributed by atoms with Crippen molar-refractivity contribution in [3.63, 3.8) is 0 Å². The maximum atomic E-state index is 12.3. The Kier molecular flexibility index (Phi) is 8.09. The van der Waals surface area contributed by atoms with Gasteiger partial charge in [0.15, 0.2) is 15.8 Å². The third-order valence-electron chi connectivity index (χ3n) is 4.35. The molecule has 0 amide bonds. The summed E-state index contributed by atoms with van der Waals surface area (Å²) in [6, 6.07) is 9.08. The van der Waals surface area contributed by atoms with E-state index < -0.39 is 9.84 Å². The summed E-state index contributed by atoms with van der Waals surface area (Å²) in [5.74, 6) is 0.920. The molecule has 7 heteroatoms. The normalized spacial score (nSPS) is 21.3. The molecule has 1 fully saturated rings. The molecular weight excluding hydrogens is 354 g/mol. The third kappa shape index (κ3) is 6.55. The van der Waals surface area contributed by atoms with Crippen molar-refractivity contribution in [1.29, 1.82) is 0 Å². The van der Waals surface area contributed by atoms with E-state index in [-0.39, 0.29) is 5.75 Å². The summed E-state index contributed by atoms with van der Waals surface area (Å²) < 4.78 is 24.5. The van der Waals surface area contributed by atoms with Gasteiger partial charge in [0.25, 0.3) is 0 Å². The van der Waals surface area contributed by atoms with E-state index in [0.29, 0.717) is 23.9 Å². The van der Waals surface area contributed by atoms with Crippen molar-refractivity contribution in [1.82, 2.24) is 10.6 Å². The Hall–Kier alpha value is -1.21. The van der Waals surface area contributed by atoms with Gasteiger partial charge in [-0.15, -0.1) is 0 Å². The molecule has 1 aliphatic carbocycles. The van der Waals surface area contributed by atoms with Crippen LogP contribution < -0.4 is 10.6 Å². The first kappa shape index (κ1) is 20.1. The van der Waals surface area contributed by atoms with Gasteiger partial charge in [-0.1, -0.05) is 18.2 Å². The molecule has 0 aromatic heterocycles. The molecule has 140 valence electrons. The minimum atomic E-state index is -3.22. The lowest BCUT2D eigenvalue weighted by molar-refractivity contribution is 0.592. The predicted octanol–water partition coefficient (Wildman–Crippen LogP) is 2.69. The average molecular weight is 384 g/mol. The zero-order valence-corrected chi connectivity index (χ0v) is 16.7. The van der Waals surface area contributed by atoms with Crippen LogP contribution in [0.5, 0.6) is 0 Å². The quantitative estimate of drug-likeness (QED) is 0.410. The molecular formula is C18H29N3O2S2. The molecule has 25 heavy (non-hydrogen) atoms. The number of nitrogens with zero attached hydrogens (tertiary/aromatic N) is 1. The van der Waals surface area contributed by atoms with Crippen LogP contribution >= 0.6 is 11.8 Å². The number of sulfone groups is 1. The molecule has 1 aliphatic rings. The SMILES string of the molecule is CCNC(=NCCCS(=O)(=O)c1ccccc1)NC1CCC(SC)C1. The molecule has 1 aromatic carbocycles. The minimum absolute atomic E-state index is 0.123. The molecule has 0 saturated heterocycles. The minimum Gasteiger partial charge on any atom is -0.357 e. The highest BCUT2D eigenvalue weighted by Crippen LogP contribution is 2.28. The first-order chi connectivity index (χ1) is 12.0. The van der Waals surface area contributed by atoms with E-state index in [1.54, 1.807) is 24.3 Å². The first-order valence-corrected chi connectivity index (χ1v) is 11.8. The lowest BCUT2D eigenvalue weighted by Gasteiger charge is -2.17. The number of rotatable bonds is 8. The maximum absolute atomic E-state index is 12.3. The number of thioether (sulfide) groups is 1. The standard InChI is InChI=1S/C18H29N3O2S2/c1-3-19-18(21-15-10-11-16(14-15)24-2)20-12-7-13-25(22,23)17-8-5-4-6-9-17/h4-6,8-9,15-16H,3,7,10-14H2,1-2H3,(H2,19,20,21). The summed E-state index contributed by atoms with van der Waals surface area (Å²) in [6.07, 6.45) is 6.26. The molecule has 0 bridgehead atoms. The topological polar surface area (TPSA) is 70.6 Å². The fourth-order valence-electron chi connectivity index (χ4n) is 2.99. The third-order valence-corrected chi connectivity index (χ3v) is 7.26. The van der Waals surface area contributed by atoms with Crippen LogP contribution in [0.15, 0.2) is 40.2 Å². The van der Waals surface area contributed by atoms with E-state index in [0.717, 1.165) is 30.6 Å². The van der Waals surface area contributed by atoms with Crippen molar-refractivity contribution < 1.29 is 8.42 Å².